The van der Waals surface area contributed by atoms with Gasteiger partial charge in [-0.05, 0) is 75.3 Å². The first-order chi connectivity index (χ1) is 15.9. The SMILES string of the molecule is CCOc1ccc(-c2n[nH]c(=S)n2CC(=O)Nc2nc(-c3c(C)cc(C)cc3C)cs2)cc1. The summed E-state index contributed by atoms with van der Waals surface area (Å²) in [7, 11) is 0. The molecule has 2 aromatic heterocycles. The molecule has 2 N–H and O–H groups in total. The quantitative estimate of drug-likeness (QED) is 0.333. The number of aromatic nitrogens is 4. The van der Waals surface area contributed by atoms with Gasteiger partial charge in [0.25, 0.3) is 0 Å². The molecule has 0 aliphatic rings. The number of aryl methyl sites for hydroxylation is 3. The van der Waals surface area contributed by atoms with Gasteiger partial charge in [0.15, 0.2) is 15.7 Å². The maximum atomic E-state index is 12.8. The highest BCUT2D eigenvalue weighted by Crippen LogP contribution is 2.31. The molecule has 2 aromatic carbocycles. The molecule has 1 amide bonds. The van der Waals surface area contributed by atoms with Gasteiger partial charge in [0.1, 0.15) is 12.3 Å². The Kier molecular flexibility index (Phi) is 6.71. The van der Waals surface area contributed by atoms with E-state index >= 15 is 0 Å². The number of nitrogens with one attached hydrogen (secondary N) is 2. The lowest BCUT2D eigenvalue weighted by Crippen LogP contribution is -2.19. The Bertz CT molecular complexity index is 1330. The normalized spacial score (nSPS) is 10.9. The molecular weight excluding hydrogens is 454 g/mol. The van der Waals surface area contributed by atoms with Crippen LogP contribution in [0, 0.1) is 25.5 Å². The van der Waals surface area contributed by atoms with E-state index in [4.69, 9.17) is 17.0 Å². The van der Waals surface area contributed by atoms with Gasteiger partial charge in [-0.2, -0.15) is 5.10 Å². The van der Waals surface area contributed by atoms with E-state index in [1.807, 2.05) is 36.6 Å². The number of benzene rings is 2. The number of rotatable bonds is 7. The molecule has 7 nitrogen and oxygen atoms in total. The fraction of sp³-hybridized carbons (Fsp3) is 0.250. The Hall–Kier alpha value is -3.30. The Morgan fingerprint density at radius 2 is 1.88 bits per heavy atom. The fourth-order valence-corrected chi connectivity index (χ4v) is 4.80. The van der Waals surface area contributed by atoms with Crippen molar-refractivity contribution in [2.24, 2.45) is 0 Å². The summed E-state index contributed by atoms with van der Waals surface area (Å²) < 4.78 is 7.54. The number of anilines is 1. The van der Waals surface area contributed by atoms with Crippen LogP contribution in [0.5, 0.6) is 5.75 Å². The highest BCUT2D eigenvalue weighted by atomic mass is 32.1. The van der Waals surface area contributed by atoms with Gasteiger partial charge in [-0.3, -0.25) is 14.5 Å². The average molecular weight is 480 g/mol. The number of aromatic amines is 1. The third-order valence-electron chi connectivity index (χ3n) is 5.17. The summed E-state index contributed by atoms with van der Waals surface area (Å²) in [5, 5.41) is 12.5. The molecule has 0 aliphatic heterocycles. The fourth-order valence-electron chi connectivity index (χ4n) is 3.88. The van der Waals surface area contributed by atoms with Gasteiger partial charge in [-0.1, -0.05) is 17.7 Å². The first kappa shape index (κ1) is 22.9. The van der Waals surface area contributed by atoms with Crippen LogP contribution in [-0.4, -0.2) is 32.3 Å². The zero-order valence-corrected chi connectivity index (χ0v) is 20.6. The summed E-state index contributed by atoms with van der Waals surface area (Å²) in [6.45, 7) is 8.80. The molecule has 2 heterocycles. The zero-order chi connectivity index (χ0) is 23.5. The third kappa shape index (κ3) is 5.04. The van der Waals surface area contributed by atoms with Gasteiger partial charge in [0, 0.05) is 16.5 Å². The lowest BCUT2D eigenvalue weighted by Gasteiger charge is -2.09. The standard InChI is InChI=1S/C24H25N5O2S2/c1-5-31-18-8-6-17(7-9-18)22-27-28-24(32)29(22)12-20(30)26-23-25-19(13-33-23)21-15(3)10-14(2)11-16(21)4/h6-11,13H,5,12H2,1-4H3,(H,28,32)(H,25,26,30). The number of carbonyl (C=O) groups is 1. The molecule has 0 saturated heterocycles. The molecule has 0 radical (unpaired) electrons. The molecule has 0 bridgehead atoms. The molecule has 0 unspecified atom stereocenters. The van der Waals surface area contributed by atoms with E-state index in [1.54, 1.807) is 4.57 Å². The van der Waals surface area contributed by atoms with Crippen LogP contribution in [0.3, 0.4) is 0 Å². The highest BCUT2D eigenvalue weighted by Gasteiger charge is 2.15. The zero-order valence-electron chi connectivity index (χ0n) is 18.9. The van der Waals surface area contributed by atoms with Crippen LogP contribution in [0.2, 0.25) is 0 Å². The molecule has 33 heavy (non-hydrogen) atoms. The summed E-state index contributed by atoms with van der Waals surface area (Å²) in [5.41, 5.74) is 6.35. The molecule has 4 rings (SSSR count). The summed E-state index contributed by atoms with van der Waals surface area (Å²) in [6, 6.07) is 11.8. The third-order valence-corrected chi connectivity index (χ3v) is 6.24. The Labute approximate surface area is 201 Å². The second-order valence-corrected chi connectivity index (χ2v) is 9.00. The lowest BCUT2D eigenvalue weighted by atomic mass is 9.98. The smallest absolute Gasteiger partial charge is 0.246 e. The molecule has 170 valence electrons. The Morgan fingerprint density at radius 3 is 2.55 bits per heavy atom. The van der Waals surface area contributed by atoms with Crippen LogP contribution < -0.4 is 10.1 Å². The van der Waals surface area contributed by atoms with Gasteiger partial charge < -0.3 is 10.1 Å². The van der Waals surface area contributed by atoms with Crippen molar-refractivity contribution < 1.29 is 9.53 Å². The monoisotopic (exact) mass is 479 g/mol. The number of hydrogen-bond acceptors (Lipinski definition) is 6. The second kappa shape index (κ2) is 9.68. The van der Waals surface area contributed by atoms with E-state index in [2.05, 4.69) is 53.4 Å². The Morgan fingerprint density at radius 1 is 1.18 bits per heavy atom. The maximum absolute atomic E-state index is 12.8. The molecular formula is C24H25N5O2S2. The molecule has 0 atom stereocenters. The number of hydrogen-bond donors (Lipinski definition) is 2. The Balaban J connectivity index is 1.51. The van der Waals surface area contributed by atoms with Crippen LogP contribution >= 0.6 is 23.6 Å². The van der Waals surface area contributed by atoms with Crippen molar-refractivity contribution in [3.8, 4) is 28.4 Å². The lowest BCUT2D eigenvalue weighted by molar-refractivity contribution is -0.116. The first-order valence-corrected chi connectivity index (χ1v) is 11.9. The van der Waals surface area contributed by atoms with E-state index in [9.17, 15) is 4.79 Å². The number of H-pyrrole nitrogens is 1. The second-order valence-electron chi connectivity index (χ2n) is 7.76. The molecule has 0 aliphatic carbocycles. The number of ether oxygens (including phenoxy) is 1. The molecule has 0 fully saturated rings. The van der Waals surface area contributed by atoms with Crippen LogP contribution in [0.15, 0.2) is 41.8 Å². The maximum Gasteiger partial charge on any atom is 0.246 e. The minimum atomic E-state index is -0.224. The van der Waals surface area contributed by atoms with Crippen molar-refractivity contribution in [3.05, 3.63) is 63.2 Å². The largest absolute Gasteiger partial charge is 0.494 e. The van der Waals surface area contributed by atoms with Gasteiger partial charge in [-0.25, -0.2) is 4.98 Å². The summed E-state index contributed by atoms with van der Waals surface area (Å²) >= 11 is 6.76. The predicted octanol–water partition coefficient (Wildman–Crippen LogP) is 5.69. The number of carbonyl (C=O) groups excluding carboxylic acids is 1. The van der Waals surface area contributed by atoms with Gasteiger partial charge in [0.2, 0.25) is 5.91 Å². The van der Waals surface area contributed by atoms with Crippen molar-refractivity contribution in [3.63, 3.8) is 0 Å². The van der Waals surface area contributed by atoms with E-state index in [0.29, 0.717) is 22.3 Å². The van der Waals surface area contributed by atoms with Crippen LogP contribution in [0.25, 0.3) is 22.6 Å². The molecule has 4 aromatic rings. The first-order valence-electron chi connectivity index (χ1n) is 10.6. The topological polar surface area (TPSA) is 84.8 Å². The van der Waals surface area contributed by atoms with Crippen LogP contribution in [-0.2, 0) is 11.3 Å². The highest BCUT2D eigenvalue weighted by molar-refractivity contribution is 7.71. The van der Waals surface area contributed by atoms with Crippen molar-refractivity contribution in [2.45, 2.75) is 34.2 Å². The minimum absolute atomic E-state index is 0.0232. The van der Waals surface area contributed by atoms with E-state index in [1.165, 1.54) is 28.0 Å². The number of amides is 1. The molecule has 0 spiro atoms. The van der Waals surface area contributed by atoms with E-state index in [-0.39, 0.29) is 12.5 Å². The number of thiazole rings is 1. The average Bonchev–Trinajstić information content (AvgIpc) is 3.35. The van der Waals surface area contributed by atoms with Crippen molar-refractivity contribution in [1.29, 1.82) is 0 Å². The summed E-state index contributed by atoms with van der Waals surface area (Å²) in [4.78, 5) is 17.5. The van der Waals surface area contributed by atoms with Crippen molar-refractivity contribution in [1.82, 2.24) is 19.7 Å². The van der Waals surface area contributed by atoms with Gasteiger partial charge in [0.05, 0.1) is 12.3 Å². The van der Waals surface area contributed by atoms with Crippen molar-refractivity contribution >= 4 is 34.6 Å². The van der Waals surface area contributed by atoms with Crippen LogP contribution in [0.4, 0.5) is 5.13 Å². The van der Waals surface area contributed by atoms with Crippen LogP contribution in [0.1, 0.15) is 23.6 Å². The van der Waals surface area contributed by atoms with Crippen molar-refractivity contribution in [2.75, 3.05) is 11.9 Å². The minimum Gasteiger partial charge on any atom is -0.494 e. The van der Waals surface area contributed by atoms with Gasteiger partial charge >= 0.3 is 0 Å². The molecule has 9 heteroatoms. The summed E-state index contributed by atoms with van der Waals surface area (Å²) in [6.07, 6.45) is 0. The van der Waals surface area contributed by atoms with E-state index in [0.717, 1.165) is 22.6 Å². The molecule has 0 saturated carbocycles. The van der Waals surface area contributed by atoms with Gasteiger partial charge in [-0.15, -0.1) is 11.3 Å². The predicted molar refractivity (Wildman–Crippen MR) is 134 cm³/mol. The summed E-state index contributed by atoms with van der Waals surface area (Å²) in [5.74, 6) is 1.14. The number of nitrogens with zero attached hydrogens (tertiary/aromatic N) is 3. The van der Waals surface area contributed by atoms with E-state index < -0.39 is 0 Å².